The molecule has 0 aromatic carbocycles. The first kappa shape index (κ1) is 26.9. The van der Waals surface area contributed by atoms with Gasteiger partial charge in [-0.15, -0.1) is 0 Å². The van der Waals surface area contributed by atoms with Gasteiger partial charge >= 0.3 is 0 Å². The summed E-state index contributed by atoms with van der Waals surface area (Å²) in [6.07, 6.45) is 21.0. The highest BCUT2D eigenvalue weighted by molar-refractivity contribution is 4.72. The molecule has 0 spiro atoms. The highest BCUT2D eigenvalue weighted by Crippen LogP contribution is 2.33. The third-order valence-electron chi connectivity index (χ3n) is 5.73. The Morgan fingerprint density at radius 2 is 0.926 bits per heavy atom. The molecule has 0 saturated carbocycles. The van der Waals surface area contributed by atoms with Crippen molar-refractivity contribution >= 4 is 0 Å². The van der Waals surface area contributed by atoms with Crippen LogP contribution in [0.25, 0.3) is 0 Å². The molecule has 0 amide bonds. The molecular weight excluding hydrogens is 336 g/mol. The van der Waals surface area contributed by atoms with Gasteiger partial charge in [0.1, 0.15) is 0 Å². The van der Waals surface area contributed by atoms with Crippen LogP contribution in [0.5, 0.6) is 0 Å². The fourth-order valence-corrected chi connectivity index (χ4v) is 4.05. The molecule has 3 heteroatoms. The predicted octanol–water partition coefficient (Wildman–Crippen LogP) is 7.87. The van der Waals surface area contributed by atoms with Crippen LogP contribution in [0.1, 0.15) is 124 Å². The van der Waals surface area contributed by atoms with Crippen molar-refractivity contribution < 1.29 is 14.2 Å². The predicted molar refractivity (Wildman–Crippen MR) is 117 cm³/mol. The summed E-state index contributed by atoms with van der Waals surface area (Å²) >= 11 is 0. The Morgan fingerprint density at radius 1 is 0.556 bits per heavy atom. The summed E-state index contributed by atoms with van der Waals surface area (Å²) in [4.78, 5) is 0. The Bertz CT molecular complexity index is 289. The number of hydrogen-bond donors (Lipinski definition) is 0. The molecule has 0 fully saturated rings. The zero-order valence-electron chi connectivity index (χ0n) is 19.3. The first-order valence-electron chi connectivity index (χ1n) is 11.9. The Morgan fingerprint density at radius 3 is 1.26 bits per heavy atom. The number of rotatable bonds is 21. The molecule has 27 heavy (non-hydrogen) atoms. The van der Waals surface area contributed by atoms with E-state index in [0.29, 0.717) is 12.5 Å². The second-order valence-electron chi connectivity index (χ2n) is 7.96. The van der Waals surface area contributed by atoms with Gasteiger partial charge in [0.15, 0.2) is 0 Å². The molecule has 0 radical (unpaired) electrons. The molecule has 0 saturated heterocycles. The first-order valence-corrected chi connectivity index (χ1v) is 11.9. The van der Waals surface area contributed by atoms with Gasteiger partial charge in [-0.25, -0.2) is 0 Å². The van der Waals surface area contributed by atoms with Crippen molar-refractivity contribution in [1.29, 1.82) is 0 Å². The van der Waals surface area contributed by atoms with E-state index in [1.165, 1.54) is 89.9 Å². The Labute approximate surface area is 170 Å². The molecule has 0 heterocycles. The summed E-state index contributed by atoms with van der Waals surface area (Å²) in [5, 5.41) is 0. The van der Waals surface area contributed by atoms with Gasteiger partial charge in [-0.2, -0.15) is 0 Å². The van der Waals surface area contributed by atoms with Crippen molar-refractivity contribution in [2.75, 3.05) is 20.8 Å². The van der Waals surface area contributed by atoms with Crippen LogP contribution < -0.4 is 0 Å². The van der Waals surface area contributed by atoms with Gasteiger partial charge in [0.2, 0.25) is 0 Å². The highest BCUT2D eigenvalue weighted by atomic mass is 16.9. The molecule has 0 aromatic heterocycles. The van der Waals surface area contributed by atoms with Gasteiger partial charge in [-0.3, -0.25) is 0 Å². The minimum absolute atomic E-state index is 0.318. The van der Waals surface area contributed by atoms with Gasteiger partial charge in [-0.05, 0) is 19.8 Å². The zero-order chi connectivity index (χ0) is 20.2. The van der Waals surface area contributed by atoms with Crippen LogP contribution >= 0.6 is 0 Å². The average molecular weight is 387 g/mol. The molecule has 0 bridgehead atoms. The molecule has 164 valence electrons. The van der Waals surface area contributed by atoms with E-state index >= 15 is 0 Å². The smallest absolute Gasteiger partial charge is 0.285 e. The summed E-state index contributed by atoms with van der Waals surface area (Å²) < 4.78 is 17.5. The van der Waals surface area contributed by atoms with E-state index in [0.717, 1.165) is 12.8 Å². The van der Waals surface area contributed by atoms with Crippen molar-refractivity contribution in [3.8, 4) is 0 Å². The van der Waals surface area contributed by atoms with Crippen molar-refractivity contribution in [1.82, 2.24) is 0 Å². The molecule has 0 rings (SSSR count). The lowest BCUT2D eigenvalue weighted by atomic mass is 9.91. The van der Waals surface area contributed by atoms with E-state index in [1.54, 1.807) is 14.2 Å². The molecule has 0 aromatic rings. The Balaban J connectivity index is 4.34. The molecular formula is C24H50O3. The van der Waals surface area contributed by atoms with Crippen LogP contribution in [0, 0.1) is 5.92 Å². The van der Waals surface area contributed by atoms with Crippen LogP contribution in [0.15, 0.2) is 0 Å². The van der Waals surface area contributed by atoms with Crippen molar-refractivity contribution in [3.63, 3.8) is 0 Å². The summed E-state index contributed by atoms with van der Waals surface area (Å²) in [5.74, 6) is -0.544. The van der Waals surface area contributed by atoms with Gasteiger partial charge < -0.3 is 14.2 Å². The van der Waals surface area contributed by atoms with E-state index in [-0.39, 0.29) is 0 Å². The monoisotopic (exact) mass is 386 g/mol. The third-order valence-corrected chi connectivity index (χ3v) is 5.73. The molecule has 1 atom stereocenters. The standard InChI is InChI=1S/C24H50O3/c1-6-9-11-13-15-16-18-20-22-23(21-19-17-14-12-10-7-2)24(25-4,26-5)27-8-3/h23H,6-22H2,1-5H3. The maximum atomic E-state index is 5.96. The average Bonchev–Trinajstić information content (AvgIpc) is 2.69. The van der Waals surface area contributed by atoms with E-state index in [4.69, 9.17) is 14.2 Å². The SMILES string of the molecule is CCCCCCCCCCC(CCCCCCCC)C(OC)(OC)OCC. The van der Waals surface area contributed by atoms with E-state index in [9.17, 15) is 0 Å². The number of methoxy groups -OCH3 is 2. The number of hydrogen-bond acceptors (Lipinski definition) is 3. The van der Waals surface area contributed by atoms with Crippen LogP contribution in [-0.4, -0.2) is 26.8 Å². The van der Waals surface area contributed by atoms with Crippen molar-refractivity contribution in [3.05, 3.63) is 0 Å². The van der Waals surface area contributed by atoms with Crippen LogP contribution in [0.4, 0.5) is 0 Å². The van der Waals surface area contributed by atoms with Gasteiger partial charge in [0.05, 0.1) is 0 Å². The summed E-state index contributed by atoms with van der Waals surface area (Å²) in [6.45, 7) is 7.19. The Hall–Kier alpha value is -0.120. The lowest BCUT2D eigenvalue weighted by molar-refractivity contribution is -0.388. The fourth-order valence-electron chi connectivity index (χ4n) is 4.05. The van der Waals surface area contributed by atoms with Gasteiger partial charge in [-0.1, -0.05) is 104 Å². The lowest BCUT2D eigenvalue weighted by Crippen LogP contribution is -2.45. The van der Waals surface area contributed by atoms with E-state index < -0.39 is 5.97 Å². The molecule has 0 aliphatic carbocycles. The summed E-state index contributed by atoms with van der Waals surface area (Å²) in [5.41, 5.74) is 0. The molecule has 1 unspecified atom stereocenters. The lowest BCUT2D eigenvalue weighted by Gasteiger charge is -2.37. The third kappa shape index (κ3) is 12.9. The molecule has 3 nitrogen and oxygen atoms in total. The van der Waals surface area contributed by atoms with Crippen molar-refractivity contribution in [2.24, 2.45) is 5.92 Å². The highest BCUT2D eigenvalue weighted by Gasteiger charge is 2.39. The second-order valence-corrected chi connectivity index (χ2v) is 7.96. The maximum absolute atomic E-state index is 5.96. The second kappa shape index (κ2) is 19.2. The molecule has 0 aliphatic rings. The Kier molecular flexibility index (Phi) is 19.1. The minimum atomic E-state index is -0.862. The van der Waals surface area contributed by atoms with Crippen LogP contribution in [0.3, 0.4) is 0 Å². The minimum Gasteiger partial charge on any atom is -0.331 e. The van der Waals surface area contributed by atoms with Crippen LogP contribution in [-0.2, 0) is 14.2 Å². The molecule has 0 N–H and O–H groups in total. The fraction of sp³-hybridized carbons (Fsp3) is 1.00. The largest absolute Gasteiger partial charge is 0.331 e. The quantitative estimate of drug-likeness (QED) is 0.148. The van der Waals surface area contributed by atoms with Crippen LogP contribution in [0.2, 0.25) is 0 Å². The normalized spacial score (nSPS) is 13.2. The topological polar surface area (TPSA) is 27.7 Å². The first-order chi connectivity index (χ1) is 13.2. The number of unbranched alkanes of at least 4 members (excludes halogenated alkanes) is 12. The van der Waals surface area contributed by atoms with Gasteiger partial charge in [0, 0.05) is 26.7 Å². The van der Waals surface area contributed by atoms with Crippen molar-refractivity contribution in [2.45, 2.75) is 129 Å². The van der Waals surface area contributed by atoms with E-state index in [2.05, 4.69) is 13.8 Å². The van der Waals surface area contributed by atoms with E-state index in [1.807, 2.05) is 6.92 Å². The number of ether oxygens (including phenoxy) is 3. The summed E-state index contributed by atoms with van der Waals surface area (Å²) in [7, 11) is 3.45. The molecule has 0 aliphatic heterocycles. The maximum Gasteiger partial charge on any atom is 0.285 e. The zero-order valence-corrected chi connectivity index (χ0v) is 19.3. The van der Waals surface area contributed by atoms with Gasteiger partial charge in [0.25, 0.3) is 5.97 Å². The summed E-state index contributed by atoms with van der Waals surface area (Å²) in [6, 6.07) is 0.